The van der Waals surface area contributed by atoms with Gasteiger partial charge in [0.2, 0.25) is 15.9 Å². The molecule has 2 aromatic rings. The van der Waals surface area contributed by atoms with E-state index in [9.17, 15) is 18.0 Å². The number of benzene rings is 1. The van der Waals surface area contributed by atoms with Gasteiger partial charge in [0.15, 0.2) is 5.78 Å². The van der Waals surface area contributed by atoms with Crippen LogP contribution in [0.25, 0.3) is 0 Å². The molecule has 0 atom stereocenters. The van der Waals surface area contributed by atoms with Crippen LogP contribution in [0.5, 0.6) is 0 Å². The average Bonchev–Trinajstić information content (AvgIpc) is 3.06. The van der Waals surface area contributed by atoms with E-state index in [1.54, 1.807) is 26.0 Å². The first-order valence-electron chi connectivity index (χ1n) is 7.77. The summed E-state index contributed by atoms with van der Waals surface area (Å²) in [6.07, 6.45) is 0.211. The Labute approximate surface area is 151 Å². The van der Waals surface area contributed by atoms with Crippen molar-refractivity contribution in [2.75, 3.05) is 5.32 Å². The number of rotatable bonds is 8. The number of amides is 1. The van der Waals surface area contributed by atoms with E-state index in [-0.39, 0.29) is 35.5 Å². The maximum atomic E-state index is 12.0. The summed E-state index contributed by atoms with van der Waals surface area (Å²) in [5.41, 5.74) is 0.483. The standard InChI is InChI=1S/C17H20N2O4S2/c1-12(2)19-25(22,23)14-7-5-13(6-8-14)18-17(21)10-9-15(20)16-4-3-11-24-16/h3-8,11-12,19H,9-10H2,1-2H3,(H,18,21). The van der Waals surface area contributed by atoms with Gasteiger partial charge in [0, 0.05) is 24.6 Å². The zero-order valence-corrected chi connectivity index (χ0v) is 15.6. The highest BCUT2D eigenvalue weighted by Gasteiger charge is 2.15. The Morgan fingerprint density at radius 2 is 1.76 bits per heavy atom. The molecule has 1 aromatic heterocycles. The second kappa shape index (κ2) is 8.37. The minimum Gasteiger partial charge on any atom is -0.326 e. The first-order valence-corrected chi connectivity index (χ1v) is 10.1. The Morgan fingerprint density at radius 3 is 2.32 bits per heavy atom. The lowest BCUT2D eigenvalue weighted by molar-refractivity contribution is -0.116. The lowest BCUT2D eigenvalue weighted by Crippen LogP contribution is -2.30. The van der Waals surface area contributed by atoms with Crippen molar-refractivity contribution in [1.82, 2.24) is 4.72 Å². The number of thiophene rings is 1. The molecular weight excluding hydrogens is 360 g/mol. The molecule has 0 fully saturated rings. The number of sulfonamides is 1. The molecule has 0 spiro atoms. The largest absolute Gasteiger partial charge is 0.326 e. The number of carbonyl (C=O) groups is 2. The molecule has 1 amide bonds. The lowest BCUT2D eigenvalue weighted by Gasteiger charge is -2.10. The van der Waals surface area contributed by atoms with Gasteiger partial charge in [-0.15, -0.1) is 11.3 Å². The molecule has 0 aliphatic carbocycles. The molecule has 8 heteroatoms. The summed E-state index contributed by atoms with van der Waals surface area (Å²) < 4.78 is 26.6. The zero-order valence-electron chi connectivity index (χ0n) is 14.0. The highest BCUT2D eigenvalue weighted by molar-refractivity contribution is 7.89. The monoisotopic (exact) mass is 380 g/mol. The van der Waals surface area contributed by atoms with E-state index >= 15 is 0 Å². The minimum absolute atomic E-state index is 0.0636. The van der Waals surface area contributed by atoms with Crippen LogP contribution in [0.2, 0.25) is 0 Å². The van der Waals surface area contributed by atoms with E-state index in [2.05, 4.69) is 10.0 Å². The van der Waals surface area contributed by atoms with Crippen LogP contribution in [-0.4, -0.2) is 26.2 Å². The normalized spacial score (nSPS) is 11.5. The van der Waals surface area contributed by atoms with Gasteiger partial charge in [-0.05, 0) is 49.6 Å². The molecule has 6 nitrogen and oxygen atoms in total. The third-order valence-corrected chi connectivity index (χ3v) is 5.80. The highest BCUT2D eigenvalue weighted by atomic mass is 32.2. The Morgan fingerprint density at radius 1 is 1.08 bits per heavy atom. The van der Waals surface area contributed by atoms with Gasteiger partial charge in [0.05, 0.1) is 9.77 Å². The van der Waals surface area contributed by atoms with Gasteiger partial charge in [-0.1, -0.05) is 6.07 Å². The smallest absolute Gasteiger partial charge is 0.240 e. The van der Waals surface area contributed by atoms with E-state index in [1.165, 1.54) is 35.6 Å². The van der Waals surface area contributed by atoms with E-state index in [4.69, 9.17) is 0 Å². The second-order valence-electron chi connectivity index (χ2n) is 5.75. The number of nitrogens with one attached hydrogen (secondary N) is 2. The molecule has 2 N–H and O–H groups in total. The van der Waals surface area contributed by atoms with Crippen molar-refractivity contribution in [2.24, 2.45) is 0 Å². The molecule has 134 valence electrons. The van der Waals surface area contributed by atoms with Gasteiger partial charge < -0.3 is 5.32 Å². The quantitative estimate of drug-likeness (QED) is 0.689. The molecular formula is C17H20N2O4S2. The molecule has 0 aliphatic rings. The van der Waals surface area contributed by atoms with Crippen molar-refractivity contribution >= 4 is 38.7 Å². The summed E-state index contributed by atoms with van der Waals surface area (Å²) in [5.74, 6) is -0.354. The fraction of sp³-hybridized carbons (Fsp3) is 0.294. The molecule has 0 aliphatic heterocycles. The van der Waals surface area contributed by atoms with Gasteiger partial charge in [0.25, 0.3) is 0 Å². The summed E-state index contributed by atoms with van der Waals surface area (Å²) in [6, 6.07) is 9.22. The van der Waals surface area contributed by atoms with Crippen LogP contribution >= 0.6 is 11.3 Å². The SMILES string of the molecule is CC(C)NS(=O)(=O)c1ccc(NC(=O)CCC(=O)c2cccs2)cc1. The predicted molar refractivity (Wildman–Crippen MR) is 98.4 cm³/mol. The summed E-state index contributed by atoms with van der Waals surface area (Å²) in [7, 11) is -3.56. The zero-order chi connectivity index (χ0) is 18.4. The second-order valence-corrected chi connectivity index (χ2v) is 8.41. The molecule has 0 bridgehead atoms. The fourth-order valence-corrected chi connectivity index (χ4v) is 4.05. The number of Topliss-reactive ketones (excluding diaryl/α,β-unsaturated/α-hetero) is 1. The molecule has 25 heavy (non-hydrogen) atoms. The number of carbonyl (C=O) groups excluding carboxylic acids is 2. The van der Waals surface area contributed by atoms with Gasteiger partial charge in [-0.3, -0.25) is 9.59 Å². The van der Waals surface area contributed by atoms with Crippen LogP contribution in [-0.2, 0) is 14.8 Å². The van der Waals surface area contributed by atoms with E-state index < -0.39 is 10.0 Å². The summed E-state index contributed by atoms with van der Waals surface area (Å²) in [6.45, 7) is 3.48. The third-order valence-electron chi connectivity index (χ3n) is 3.21. The van der Waals surface area contributed by atoms with E-state index in [0.29, 0.717) is 10.6 Å². The number of ketones is 1. The first-order chi connectivity index (χ1) is 11.8. The van der Waals surface area contributed by atoms with Gasteiger partial charge in [-0.2, -0.15) is 0 Å². The van der Waals surface area contributed by atoms with Gasteiger partial charge in [-0.25, -0.2) is 13.1 Å². The average molecular weight is 380 g/mol. The van der Waals surface area contributed by atoms with Crippen LogP contribution in [0.15, 0.2) is 46.7 Å². The first kappa shape index (κ1) is 19.3. The molecule has 0 saturated heterocycles. The van der Waals surface area contributed by atoms with Gasteiger partial charge in [0.1, 0.15) is 0 Å². The molecule has 2 rings (SSSR count). The summed E-state index contributed by atoms with van der Waals surface area (Å²) >= 11 is 1.35. The van der Waals surface area contributed by atoms with Crippen LogP contribution in [0.4, 0.5) is 5.69 Å². The maximum absolute atomic E-state index is 12.0. The van der Waals surface area contributed by atoms with Crippen LogP contribution in [0.1, 0.15) is 36.4 Å². The van der Waals surface area contributed by atoms with Crippen LogP contribution in [0.3, 0.4) is 0 Å². The molecule has 1 aromatic carbocycles. The van der Waals surface area contributed by atoms with Crippen LogP contribution in [0, 0.1) is 0 Å². The van der Waals surface area contributed by atoms with E-state index in [0.717, 1.165) is 0 Å². The van der Waals surface area contributed by atoms with Crippen molar-refractivity contribution in [2.45, 2.75) is 37.6 Å². The van der Waals surface area contributed by atoms with Crippen molar-refractivity contribution < 1.29 is 18.0 Å². The van der Waals surface area contributed by atoms with Crippen molar-refractivity contribution in [3.63, 3.8) is 0 Å². The third kappa shape index (κ3) is 5.77. The Bertz CT molecular complexity index is 826. The van der Waals surface area contributed by atoms with E-state index in [1.807, 2.05) is 5.38 Å². The highest BCUT2D eigenvalue weighted by Crippen LogP contribution is 2.16. The number of hydrogen-bond donors (Lipinski definition) is 2. The topological polar surface area (TPSA) is 92.3 Å². The summed E-state index contributed by atoms with van der Waals surface area (Å²) in [5, 5.41) is 4.48. The van der Waals surface area contributed by atoms with Gasteiger partial charge >= 0.3 is 0 Å². The number of anilines is 1. The molecule has 0 saturated carbocycles. The Balaban J connectivity index is 1.90. The minimum atomic E-state index is -3.56. The summed E-state index contributed by atoms with van der Waals surface area (Å²) in [4.78, 5) is 24.6. The lowest BCUT2D eigenvalue weighted by atomic mass is 10.2. The van der Waals surface area contributed by atoms with Crippen LogP contribution < -0.4 is 10.0 Å². The molecule has 0 unspecified atom stereocenters. The molecule has 1 heterocycles. The number of hydrogen-bond acceptors (Lipinski definition) is 5. The molecule has 0 radical (unpaired) electrons. The maximum Gasteiger partial charge on any atom is 0.240 e. The Hall–Kier alpha value is -2.03. The fourth-order valence-electron chi connectivity index (χ4n) is 2.11. The van der Waals surface area contributed by atoms with Crippen molar-refractivity contribution in [1.29, 1.82) is 0 Å². The van der Waals surface area contributed by atoms with Crippen molar-refractivity contribution in [3.05, 3.63) is 46.7 Å². The Kier molecular flexibility index (Phi) is 6.46. The van der Waals surface area contributed by atoms with Crippen molar-refractivity contribution in [3.8, 4) is 0 Å². The predicted octanol–water partition coefficient (Wildman–Crippen LogP) is 3.04.